The number of hydrogen-bond acceptors (Lipinski definition) is 7. The molecule has 0 aliphatic heterocycles. The molecule has 3 heterocycles. The van der Waals surface area contributed by atoms with Crippen LogP contribution >= 0.6 is 0 Å². The lowest BCUT2D eigenvalue weighted by Crippen LogP contribution is -2.23. The standard InChI is InChI=1S/C16H13N5O3/c1-9-14-13(24-19-9)7-17-21(16(14)22)8-11-3-5-12(6-4-11)15-18-10(2)23-20-15/h3-7H,8H2,1-2H3. The van der Waals surface area contributed by atoms with E-state index in [1.807, 2.05) is 24.3 Å². The van der Waals surface area contributed by atoms with Crippen LogP contribution in [0.1, 0.15) is 17.1 Å². The Balaban J connectivity index is 1.65. The quantitative estimate of drug-likeness (QED) is 0.569. The van der Waals surface area contributed by atoms with Crippen LogP contribution in [0.3, 0.4) is 0 Å². The number of hydrogen-bond donors (Lipinski definition) is 0. The molecule has 3 aromatic heterocycles. The highest BCUT2D eigenvalue weighted by Gasteiger charge is 2.12. The Morgan fingerprint density at radius 2 is 1.88 bits per heavy atom. The van der Waals surface area contributed by atoms with Crippen molar-refractivity contribution in [3.8, 4) is 11.4 Å². The molecular formula is C16H13N5O3. The minimum absolute atomic E-state index is 0.218. The molecule has 24 heavy (non-hydrogen) atoms. The second-order valence-corrected chi connectivity index (χ2v) is 5.45. The molecule has 0 fully saturated rings. The summed E-state index contributed by atoms with van der Waals surface area (Å²) < 4.78 is 11.4. The Hall–Kier alpha value is -3.29. The zero-order valence-corrected chi connectivity index (χ0v) is 13.1. The van der Waals surface area contributed by atoms with Gasteiger partial charge < -0.3 is 9.05 Å². The molecule has 4 rings (SSSR count). The van der Waals surface area contributed by atoms with Gasteiger partial charge in [0, 0.05) is 12.5 Å². The number of aromatic nitrogens is 5. The third-order valence-electron chi connectivity index (χ3n) is 3.72. The second kappa shape index (κ2) is 5.41. The van der Waals surface area contributed by atoms with Crippen molar-refractivity contribution in [1.29, 1.82) is 0 Å². The molecule has 4 aromatic rings. The van der Waals surface area contributed by atoms with Gasteiger partial charge in [0.2, 0.25) is 11.7 Å². The lowest BCUT2D eigenvalue weighted by atomic mass is 10.1. The van der Waals surface area contributed by atoms with Crippen LogP contribution in [0, 0.1) is 13.8 Å². The molecule has 0 saturated heterocycles. The average Bonchev–Trinajstić information content (AvgIpc) is 3.17. The minimum atomic E-state index is -0.218. The van der Waals surface area contributed by atoms with Gasteiger partial charge in [0.1, 0.15) is 5.39 Å². The van der Waals surface area contributed by atoms with Crippen LogP contribution in [0.4, 0.5) is 0 Å². The van der Waals surface area contributed by atoms with Gasteiger partial charge in [-0.25, -0.2) is 4.68 Å². The molecule has 0 radical (unpaired) electrons. The first-order valence-electron chi connectivity index (χ1n) is 7.33. The van der Waals surface area contributed by atoms with E-state index in [2.05, 4.69) is 20.4 Å². The highest BCUT2D eigenvalue weighted by molar-refractivity contribution is 5.76. The van der Waals surface area contributed by atoms with Crippen LogP contribution in [-0.4, -0.2) is 25.1 Å². The van der Waals surface area contributed by atoms with E-state index in [1.54, 1.807) is 13.8 Å². The van der Waals surface area contributed by atoms with E-state index >= 15 is 0 Å². The lowest BCUT2D eigenvalue weighted by Gasteiger charge is -2.05. The average molecular weight is 323 g/mol. The Labute approximate surface area is 135 Å². The summed E-state index contributed by atoms with van der Waals surface area (Å²) in [6, 6.07) is 7.57. The third-order valence-corrected chi connectivity index (χ3v) is 3.72. The van der Waals surface area contributed by atoms with Crippen LogP contribution in [0.2, 0.25) is 0 Å². The summed E-state index contributed by atoms with van der Waals surface area (Å²) in [7, 11) is 0. The monoisotopic (exact) mass is 323 g/mol. The van der Waals surface area contributed by atoms with Gasteiger partial charge in [-0.05, 0) is 12.5 Å². The van der Waals surface area contributed by atoms with Crippen molar-refractivity contribution in [1.82, 2.24) is 25.1 Å². The predicted octanol–water partition coefficient (Wildman–Crippen LogP) is 2.10. The summed E-state index contributed by atoms with van der Waals surface area (Å²) in [5, 5.41) is 12.3. The van der Waals surface area contributed by atoms with Crippen molar-refractivity contribution in [2.75, 3.05) is 0 Å². The Morgan fingerprint density at radius 3 is 2.58 bits per heavy atom. The normalized spacial score (nSPS) is 11.2. The zero-order valence-electron chi connectivity index (χ0n) is 13.1. The number of benzene rings is 1. The van der Waals surface area contributed by atoms with Crippen molar-refractivity contribution in [3.05, 3.63) is 58.0 Å². The maximum absolute atomic E-state index is 12.5. The summed E-state index contributed by atoms with van der Waals surface area (Å²) in [4.78, 5) is 16.7. The van der Waals surface area contributed by atoms with Crippen molar-refractivity contribution in [2.24, 2.45) is 0 Å². The Morgan fingerprint density at radius 1 is 1.08 bits per heavy atom. The zero-order chi connectivity index (χ0) is 16.7. The first kappa shape index (κ1) is 14.3. The van der Waals surface area contributed by atoms with Gasteiger partial charge in [-0.1, -0.05) is 34.6 Å². The molecule has 0 unspecified atom stereocenters. The number of rotatable bonds is 3. The molecule has 0 bridgehead atoms. The smallest absolute Gasteiger partial charge is 0.280 e. The highest BCUT2D eigenvalue weighted by Crippen LogP contribution is 2.17. The van der Waals surface area contributed by atoms with Crippen molar-refractivity contribution < 1.29 is 9.05 Å². The van der Waals surface area contributed by atoms with E-state index in [1.165, 1.54) is 10.9 Å². The summed E-state index contributed by atoms with van der Waals surface area (Å²) in [5.41, 5.74) is 2.53. The van der Waals surface area contributed by atoms with Crippen molar-refractivity contribution in [2.45, 2.75) is 20.4 Å². The van der Waals surface area contributed by atoms with Gasteiger partial charge in [0.05, 0.1) is 18.4 Å². The Bertz CT molecular complexity index is 1080. The van der Waals surface area contributed by atoms with E-state index in [0.29, 0.717) is 34.9 Å². The number of fused-ring (bicyclic) bond motifs is 1. The van der Waals surface area contributed by atoms with Gasteiger partial charge in [-0.15, -0.1) is 0 Å². The highest BCUT2D eigenvalue weighted by atomic mass is 16.5. The summed E-state index contributed by atoms with van der Waals surface area (Å²) >= 11 is 0. The second-order valence-electron chi connectivity index (χ2n) is 5.45. The number of nitrogens with zero attached hydrogens (tertiary/aromatic N) is 5. The van der Waals surface area contributed by atoms with Gasteiger partial charge >= 0.3 is 0 Å². The Kier molecular flexibility index (Phi) is 3.23. The summed E-state index contributed by atoms with van der Waals surface area (Å²) in [6.07, 6.45) is 1.51. The van der Waals surface area contributed by atoms with E-state index in [9.17, 15) is 4.79 Å². The molecule has 0 aliphatic rings. The molecule has 0 aliphatic carbocycles. The fraction of sp³-hybridized carbons (Fsp3) is 0.188. The fourth-order valence-electron chi connectivity index (χ4n) is 2.50. The van der Waals surface area contributed by atoms with Crippen molar-refractivity contribution >= 4 is 11.0 Å². The number of aryl methyl sites for hydroxylation is 2. The van der Waals surface area contributed by atoms with Gasteiger partial charge in [0.15, 0.2) is 5.58 Å². The molecule has 8 nitrogen and oxygen atoms in total. The van der Waals surface area contributed by atoms with E-state index in [4.69, 9.17) is 9.05 Å². The summed E-state index contributed by atoms with van der Waals surface area (Å²) in [6.45, 7) is 3.83. The molecule has 120 valence electrons. The molecule has 8 heteroatoms. The van der Waals surface area contributed by atoms with E-state index < -0.39 is 0 Å². The van der Waals surface area contributed by atoms with Gasteiger partial charge in [-0.2, -0.15) is 10.1 Å². The van der Waals surface area contributed by atoms with Crippen LogP contribution < -0.4 is 5.56 Å². The largest absolute Gasteiger partial charge is 0.354 e. The van der Waals surface area contributed by atoms with E-state index in [-0.39, 0.29) is 5.56 Å². The van der Waals surface area contributed by atoms with Crippen LogP contribution in [-0.2, 0) is 6.54 Å². The maximum atomic E-state index is 12.5. The first-order valence-corrected chi connectivity index (χ1v) is 7.33. The molecule has 0 atom stereocenters. The molecule has 1 aromatic carbocycles. The van der Waals surface area contributed by atoms with Gasteiger partial charge in [-0.3, -0.25) is 4.79 Å². The molecule has 0 saturated carbocycles. The third kappa shape index (κ3) is 2.37. The van der Waals surface area contributed by atoms with Crippen LogP contribution in [0.25, 0.3) is 22.4 Å². The van der Waals surface area contributed by atoms with Crippen LogP contribution in [0.5, 0.6) is 0 Å². The molecule has 0 N–H and O–H groups in total. The lowest BCUT2D eigenvalue weighted by molar-refractivity contribution is 0.394. The minimum Gasteiger partial charge on any atom is -0.354 e. The maximum Gasteiger partial charge on any atom is 0.280 e. The van der Waals surface area contributed by atoms with Crippen molar-refractivity contribution in [3.63, 3.8) is 0 Å². The molecule has 0 spiro atoms. The predicted molar refractivity (Wildman–Crippen MR) is 84.4 cm³/mol. The topological polar surface area (TPSA) is 99.8 Å². The molecule has 0 amide bonds. The first-order chi connectivity index (χ1) is 11.6. The SMILES string of the molecule is Cc1nc(-c2ccc(Cn3ncc4onc(C)c4c3=O)cc2)no1. The molecular weight excluding hydrogens is 310 g/mol. The van der Waals surface area contributed by atoms with Crippen LogP contribution in [0.15, 0.2) is 44.3 Å². The van der Waals surface area contributed by atoms with E-state index in [0.717, 1.165) is 11.1 Å². The summed E-state index contributed by atoms with van der Waals surface area (Å²) in [5.74, 6) is 1.05. The fourth-order valence-corrected chi connectivity index (χ4v) is 2.50. The van der Waals surface area contributed by atoms with Gasteiger partial charge in [0.25, 0.3) is 5.56 Å².